The SMILES string of the molecule is Cn1cnc(COC[C@H]2CN(S(=O)(=O)c3ccccc3S)CCN2c2ccc([C@@](C)(O)C(F)(F)F)cc2)c1. The van der Waals surface area contributed by atoms with Crippen LogP contribution in [0.5, 0.6) is 0 Å². The Hall–Kier alpha value is -2.58. The lowest BCUT2D eigenvalue weighted by molar-refractivity contribution is -0.258. The molecule has 206 valence electrons. The van der Waals surface area contributed by atoms with Gasteiger partial charge in [0.25, 0.3) is 0 Å². The van der Waals surface area contributed by atoms with Gasteiger partial charge in [0.2, 0.25) is 10.0 Å². The molecule has 1 aromatic heterocycles. The topological polar surface area (TPSA) is 87.9 Å². The van der Waals surface area contributed by atoms with Gasteiger partial charge < -0.3 is 19.3 Å². The molecule has 13 heteroatoms. The number of rotatable bonds is 8. The largest absolute Gasteiger partial charge is 0.421 e. The maximum Gasteiger partial charge on any atom is 0.421 e. The second-order valence-corrected chi connectivity index (χ2v) is 11.7. The monoisotopic (exact) mass is 570 g/mol. The quantitative estimate of drug-likeness (QED) is 0.403. The van der Waals surface area contributed by atoms with Crippen LogP contribution in [0.1, 0.15) is 18.2 Å². The second kappa shape index (κ2) is 10.9. The molecule has 0 bridgehead atoms. The average Bonchev–Trinajstić information content (AvgIpc) is 3.28. The molecule has 0 aliphatic carbocycles. The van der Waals surface area contributed by atoms with Gasteiger partial charge in [-0.05, 0) is 36.8 Å². The lowest BCUT2D eigenvalue weighted by Crippen LogP contribution is -2.56. The Morgan fingerprint density at radius 2 is 1.82 bits per heavy atom. The number of aromatic nitrogens is 2. The van der Waals surface area contributed by atoms with Crippen LogP contribution in [0.2, 0.25) is 0 Å². The van der Waals surface area contributed by atoms with Gasteiger partial charge in [0.15, 0.2) is 5.60 Å². The molecular weight excluding hydrogens is 541 g/mol. The number of nitrogens with zero attached hydrogens (tertiary/aromatic N) is 4. The van der Waals surface area contributed by atoms with Crippen molar-refractivity contribution in [2.45, 2.75) is 41.1 Å². The van der Waals surface area contributed by atoms with Crippen LogP contribution in [0.25, 0.3) is 0 Å². The number of thiol groups is 1. The molecule has 1 aliphatic rings. The van der Waals surface area contributed by atoms with Crippen LogP contribution in [-0.4, -0.2) is 65.8 Å². The molecule has 1 N–H and O–H groups in total. The summed E-state index contributed by atoms with van der Waals surface area (Å²) < 4.78 is 75.7. The van der Waals surface area contributed by atoms with Crippen molar-refractivity contribution in [3.05, 3.63) is 72.3 Å². The van der Waals surface area contributed by atoms with E-state index in [1.54, 1.807) is 29.1 Å². The van der Waals surface area contributed by atoms with E-state index in [0.29, 0.717) is 23.2 Å². The molecule has 2 atom stereocenters. The lowest BCUT2D eigenvalue weighted by atomic mass is 9.95. The Balaban J connectivity index is 1.57. The fourth-order valence-electron chi connectivity index (χ4n) is 4.32. The highest BCUT2D eigenvalue weighted by atomic mass is 32.2. The number of benzene rings is 2. The minimum absolute atomic E-state index is 0.0919. The van der Waals surface area contributed by atoms with E-state index in [-0.39, 0.29) is 43.3 Å². The molecule has 0 spiro atoms. The number of ether oxygens (including phenoxy) is 1. The summed E-state index contributed by atoms with van der Waals surface area (Å²) >= 11 is 4.31. The van der Waals surface area contributed by atoms with Gasteiger partial charge in [0, 0.05) is 43.5 Å². The standard InChI is InChI=1S/C25H29F3N4O4S2/c1-24(33,25(26,27)28)18-7-9-20(10-8-18)32-12-11-31(38(34,35)23-6-4-3-5-22(23)37)14-21(32)16-36-15-19-13-30(2)17-29-19/h3-10,13,17,21,33,37H,11-12,14-16H2,1-2H3/t21-,24-/m1/s1. The Morgan fingerprint density at radius 3 is 2.42 bits per heavy atom. The van der Waals surface area contributed by atoms with Crippen LogP contribution in [0.4, 0.5) is 18.9 Å². The minimum Gasteiger partial charge on any atom is -0.376 e. The molecule has 0 saturated carbocycles. The van der Waals surface area contributed by atoms with Gasteiger partial charge in [0.05, 0.1) is 36.2 Å². The van der Waals surface area contributed by atoms with Gasteiger partial charge in [-0.1, -0.05) is 24.3 Å². The molecule has 4 rings (SSSR count). The van der Waals surface area contributed by atoms with Crippen molar-refractivity contribution in [2.24, 2.45) is 7.05 Å². The van der Waals surface area contributed by atoms with Crippen molar-refractivity contribution in [2.75, 3.05) is 31.1 Å². The minimum atomic E-state index is -4.83. The number of piperazine rings is 1. The van der Waals surface area contributed by atoms with Crippen molar-refractivity contribution < 1.29 is 31.4 Å². The first-order chi connectivity index (χ1) is 17.8. The van der Waals surface area contributed by atoms with Crippen molar-refractivity contribution in [3.63, 3.8) is 0 Å². The van der Waals surface area contributed by atoms with E-state index < -0.39 is 27.8 Å². The van der Waals surface area contributed by atoms with Gasteiger partial charge in [-0.2, -0.15) is 17.5 Å². The highest BCUT2D eigenvalue weighted by molar-refractivity contribution is 7.90. The van der Waals surface area contributed by atoms with E-state index in [9.17, 15) is 26.7 Å². The smallest absolute Gasteiger partial charge is 0.376 e. The molecule has 0 unspecified atom stereocenters. The lowest BCUT2D eigenvalue weighted by Gasteiger charge is -2.42. The summed E-state index contributed by atoms with van der Waals surface area (Å²) in [6, 6.07) is 11.5. The molecule has 0 amide bonds. The number of anilines is 1. The summed E-state index contributed by atoms with van der Waals surface area (Å²) in [6.45, 7) is 1.59. The normalized spacial score (nSPS) is 18.9. The number of alkyl halides is 3. The average molecular weight is 571 g/mol. The zero-order valence-corrected chi connectivity index (χ0v) is 22.5. The number of aliphatic hydroxyl groups is 1. The third kappa shape index (κ3) is 5.86. The van der Waals surface area contributed by atoms with Gasteiger partial charge in [-0.15, -0.1) is 12.6 Å². The van der Waals surface area contributed by atoms with Crippen LogP contribution in [0, 0.1) is 0 Å². The van der Waals surface area contributed by atoms with Crippen molar-refractivity contribution in [3.8, 4) is 0 Å². The molecule has 8 nitrogen and oxygen atoms in total. The van der Waals surface area contributed by atoms with Crippen LogP contribution in [0.15, 0.2) is 70.8 Å². The zero-order chi connectivity index (χ0) is 27.7. The van der Waals surface area contributed by atoms with Crippen LogP contribution in [0.3, 0.4) is 0 Å². The number of aryl methyl sites for hydroxylation is 1. The van der Waals surface area contributed by atoms with Gasteiger partial charge in [0.1, 0.15) is 0 Å². The molecule has 38 heavy (non-hydrogen) atoms. The van der Waals surface area contributed by atoms with Crippen LogP contribution >= 0.6 is 12.6 Å². The van der Waals surface area contributed by atoms with E-state index in [1.165, 1.54) is 34.6 Å². The first-order valence-corrected chi connectivity index (χ1v) is 13.7. The highest BCUT2D eigenvalue weighted by Gasteiger charge is 2.51. The summed E-state index contributed by atoms with van der Waals surface area (Å²) in [6.07, 6.45) is -1.38. The van der Waals surface area contributed by atoms with Crippen LogP contribution < -0.4 is 4.90 Å². The molecule has 1 fully saturated rings. The van der Waals surface area contributed by atoms with Crippen molar-refractivity contribution in [1.29, 1.82) is 0 Å². The maximum atomic E-state index is 13.4. The Labute approximate surface area is 225 Å². The van der Waals surface area contributed by atoms with E-state index in [4.69, 9.17) is 4.74 Å². The fourth-order valence-corrected chi connectivity index (χ4v) is 6.38. The van der Waals surface area contributed by atoms with Crippen molar-refractivity contribution in [1.82, 2.24) is 13.9 Å². The van der Waals surface area contributed by atoms with Gasteiger partial charge in [-0.3, -0.25) is 0 Å². The number of hydrogen-bond donors (Lipinski definition) is 2. The van der Waals surface area contributed by atoms with E-state index in [1.807, 2.05) is 18.1 Å². The molecular formula is C25H29F3N4O4S2. The predicted octanol–water partition coefficient (Wildman–Crippen LogP) is 3.57. The highest BCUT2D eigenvalue weighted by Crippen LogP contribution is 2.39. The molecule has 1 aliphatic heterocycles. The van der Waals surface area contributed by atoms with E-state index in [2.05, 4.69) is 17.6 Å². The van der Waals surface area contributed by atoms with E-state index in [0.717, 1.165) is 0 Å². The predicted molar refractivity (Wildman–Crippen MR) is 139 cm³/mol. The molecule has 0 radical (unpaired) electrons. The number of halogens is 3. The first-order valence-electron chi connectivity index (χ1n) is 11.8. The Bertz CT molecular complexity index is 1360. The fraction of sp³-hybridized carbons (Fsp3) is 0.400. The summed E-state index contributed by atoms with van der Waals surface area (Å²) in [7, 11) is -2.01. The maximum absolute atomic E-state index is 13.4. The van der Waals surface area contributed by atoms with Gasteiger partial charge >= 0.3 is 6.18 Å². The number of sulfonamides is 1. The summed E-state index contributed by atoms with van der Waals surface area (Å²) in [5.74, 6) is 0. The molecule has 3 aromatic rings. The van der Waals surface area contributed by atoms with Crippen molar-refractivity contribution >= 4 is 28.3 Å². The second-order valence-electron chi connectivity index (χ2n) is 9.34. The third-order valence-corrected chi connectivity index (χ3v) is 9.02. The number of hydrogen-bond acceptors (Lipinski definition) is 7. The molecule has 2 aromatic carbocycles. The number of imidazole rings is 1. The van der Waals surface area contributed by atoms with Gasteiger partial charge in [-0.25, -0.2) is 13.4 Å². The molecule has 2 heterocycles. The Morgan fingerprint density at radius 1 is 1.13 bits per heavy atom. The molecule has 1 saturated heterocycles. The van der Waals surface area contributed by atoms with E-state index >= 15 is 0 Å². The Kier molecular flexibility index (Phi) is 8.15. The summed E-state index contributed by atoms with van der Waals surface area (Å²) in [4.78, 5) is 6.57. The summed E-state index contributed by atoms with van der Waals surface area (Å²) in [5.41, 5.74) is -1.99. The first kappa shape index (κ1) is 28.4. The summed E-state index contributed by atoms with van der Waals surface area (Å²) in [5, 5.41) is 10.0. The third-order valence-electron chi connectivity index (χ3n) is 6.56. The van der Waals surface area contributed by atoms with Crippen LogP contribution in [-0.2, 0) is 34.0 Å². The zero-order valence-electron chi connectivity index (χ0n) is 20.8.